The summed E-state index contributed by atoms with van der Waals surface area (Å²) in [4.78, 5) is 11.7. The third kappa shape index (κ3) is 3.89. The summed E-state index contributed by atoms with van der Waals surface area (Å²) in [7, 11) is 7.44. The fraction of sp³-hybridized carbons (Fsp3) is 0.462. The minimum Gasteiger partial charge on any atom is -0.326 e. The zero-order valence-corrected chi connectivity index (χ0v) is 10.8. The van der Waals surface area contributed by atoms with Crippen molar-refractivity contribution in [2.45, 2.75) is 26.6 Å². The van der Waals surface area contributed by atoms with Gasteiger partial charge >= 0.3 is 0 Å². The largest absolute Gasteiger partial charge is 0.326 e. The van der Waals surface area contributed by atoms with Gasteiger partial charge in [0.25, 0.3) is 0 Å². The second-order valence-electron chi connectivity index (χ2n) is 4.21. The first-order valence-corrected chi connectivity index (χ1v) is 5.83. The van der Waals surface area contributed by atoms with Gasteiger partial charge in [-0.3, -0.25) is 4.79 Å². The number of carbonyl (C=O) groups is 1. The Morgan fingerprint density at radius 1 is 1.29 bits per heavy atom. The average molecular weight is 230 g/mol. The summed E-state index contributed by atoms with van der Waals surface area (Å²) in [6, 6.07) is 4.03. The van der Waals surface area contributed by atoms with Gasteiger partial charge < -0.3 is 10.6 Å². The van der Waals surface area contributed by atoms with Crippen LogP contribution in [0, 0.1) is 13.8 Å². The summed E-state index contributed by atoms with van der Waals surface area (Å²) in [5, 5.41) is 5.90. The van der Waals surface area contributed by atoms with E-state index in [0.29, 0.717) is 19.3 Å². The van der Waals surface area contributed by atoms with Crippen molar-refractivity contribution in [2.24, 2.45) is 0 Å². The molecule has 1 aromatic rings. The summed E-state index contributed by atoms with van der Waals surface area (Å²) < 4.78 is 0. The molecule has 1 rings (SSSR count). The molecule has 0 atom stereocenters. The number of hydrogen-bond donors (Lipinski definition) is 2. The molecule has 2 radical (unpaired) electrons. The van der Waals surface area contributed by atoms with Gasteiger partial charge in [0.05, 0.1) is 7.85 Å². The van der Waals surface area contributed by atoms with Crippen molar-refractivity contribution in [2.75, 3.05) is 18.9 Å². The van der Waals surface area contributed by atoms with E-state index >= 15 is 0 Å². The van der Waals surface area contributed by atoms with Crippen molar-refractivity contribution in [3.05, 3.63) is 28.8 Å². The van der Waals surface area contributed by atoms with Gasteiger partial charge in [0.2, 0.25) is 5.91 Å². The van der Waals surface area contributed by atoms with Crippen molar-refractivity contribution in [1.82, 2.24) is 5.32 Å². The van der Waals surface area contributed by atoms with E-state index < -0.39 is 0 Å². The lowest BCUT2D eigenvalue weighted by atomic mass is 9.93. The first kappa shape index (κ1) is 13.8. The lowest BCUT2D eigenvalue weighted by Gasteiger charge is -2.13. The van der Waals surface area contributed by atoms with E-state index in [1.165, 1.54) is 0 Å². The third-order valence-corrected chi connectivity index (χ3v) is 2.69. The normalized spacial score (nSPS) is 10.3. The minimum atomic E-state index is 0.0334. The van der Waals surface area contributed by atoms with Gasteiger partial charge in [-0.2, -0.15) is 0 Å². The van der Waals surface area contributed by atoms with Crippen LogP contribution in [0.5, 0.6) is 0 Å². The minimum absolute atomic E-state index is 0.0334. The zero-order valence-electron chi connectivity index (χ0n) is 10.8. The Kier molecular flexibility index (Phi) is 5.23. The standard InChI is InChI=1S/C13H19BN2O/c1-9-6-11(8-14)7-10(2)13(9)16-12(17)4-5-15-3/h6-7,15H,4-5,8H2,1-3H3,(H,16,17). The van der Waals surface area contributed by atoms with Crippen LogP contribution in [0.3, 0.4) is 0 Å². The molecule has 4 heteroatoms. The first-order valence-electron chi connectivity index (χ1n) is 5.83. The lowest BCUT2D eigenvalue weighted by Crippen LogP contribution is -2.19. The second-order valence-corrected chi connectivity index (χ2v) is 4.21. The molecular weight excluding hydrogens is 211 g/mol. The third-order valence-electron chi connectivity index (χ3n) is 2.69. The SMILES string of the molecule is [B]Cc1cc(C)c(NC(=O)CCNC)c(C)c1. The monoisotopic (exact) mass is 230 g/mol. The molecule has 0 unspecified atom stereocenters. The summed E-state index contributed by atoms with van der Waals surface area (Å²) in [5.74, 6) is 0.0334. The molecule has 0 aromatic heterocycles. The lowest BCUT2D eigenvalue weighted by molar-refractivity contribution is -0.116. The Labute approximate surface area is 104 Å². The van der Waals surface area contributed by atoms with Gasteiger partial charge in [0.1, 0.15) is 0 Å². The van der Waals surface area contributed by atoms with E-state index in [9.17, 15) is 4.79 Å². The van der Waals surface area contributed by atoms with E-state index in [1.807, 2.05) is 33.0 Å². The number of carbonyl (C=O) groups excluding carboxylic acids is 1. The molecule has 0 saturated carbocycles. The van der Waals surface area contributed by atoms with E-state index in [1.54, 1.807) is 0 Å². The maximum absolute atomic E-state index is 11.7. The van der Waals surface area contributed by atoms with Crippen LogP contribution >= 0.6 is 0 Å². The van der Waals surface area contributed by atoms with Crippen LogP contribution in [-0.4, -0.2) is 27.3 Å². The number of benzene rings is 1. The molecule has 3 nitrogen and oxygen atoms in total. The van der Waals surface area contributed by atoms with E-state index in [4.69, 9.17) is 7.85 Å². The Morgan fingerprint density at radius 2 is 1.88 bits per heavy atom. The van der Waals surface area contributed by atoms with Crippen LogP contribution in [0.1, 0.15) is 23.1 Å². The topological polar surface area (TPSA) is 41.1 Å². The predicted molar refractivity (Wildman–Crippen MR) is 72.5 cm³/mol. The summed E-state index contributed by atoms with van der Waals surface area (Å²) >= 11 is 0. The number of rotatable bonds is 5. The highest BCUT2D eigenvalue weighted by atomic mass is 16.1. The van der Waals surface area contributed by atoms with Crippen LogP contribution in [0.15, 0.2) is 12.1 Å². The molecule has 2 N–H and O–H groups in total. The van der Waals surface area contributed by atoms with Gasteiger partial charge in [0, 0.05) is 18.7 Å². The molecule has 17 heavy (non-hydrogen) atoms. The number of aryl methyl sites for hydroxylation is 2. The molecule has 0 aliphatic heterocycles. The number of amides is 1. The number of anilines is 1. The Balaban J connectivity index is 2.80. The van der Waals surface area contributed by atoms with Gasteiger partial charge in [-0.1, -0.05) is 24.0 Å². The summed E-state index contributed by atoms with van der Waals surface area (Å²) in [6.07, 6.45) is 1.00. The smallest absolute Gasteiger partial charge is 0.225 e. The van der Waals surface area contributed by atoms with Crippen molar-refractivity contribution in [3.8, 4) is 0 Å². The number of nitrogens with one attached hydrogen (secondary N) is 2. The van der Waals surface area contributed by atoms with Crippen molar-refractivity contribution in [1.29, 1.82) is 0 Å². The molecule has 0 heterocycles. The maximum atomic E-state index is 11.7. The molecule has 1 aromatic carbocycles. The van der Waals surface area contributed by atoms with Crippen LogP contribution in [0.2, 0.25) is 0 Å². The Hall–Kier alpha value is -1.29. The van der Waals surface area contributed by atoms with Crippen molar-refractivity contribution < 1.29 is 4.79 Å². The van der Waals surface area contributed by atoms with Crippen molar-refractivity contribution >= 4 is 19.4 Å². The van der Waals surface area contributed by atoms with Crippen LogP contribution in [0.4, 0.5) is 5.69 Å². The van der Waals surface area contributed by atoms with E-state index in [2.05, 4.69) is 10.6 Å². The zero-order chi connectivity index (χ0) is 12.8. The van der Waals surface area contributed by atoms with E-state index in [0.717, 1.165) is 22.4 Å². The second kappa shape index (κ2) is 6.45. The van der Waals surface area contributed by atoms with Crippen LogP contribution < -0.4 is 10.6 Å². The van der Waals surface area contributed by atoms with Crippen molar-refractivity contribution in [3.63, 3.8) is 0 Å². The molecule has 0 aliphatic rings. The molecule has 90 valence electrons. The highest BCUT2D eigenvalue weighted by molar-refractivity contribution is 6.08. The molecular formula is C13H19BN2O. The molecule has 0 aliphatic carbocycles. The van der Waals surface area contributed by atoms with E-state index in [-0.39, 0.29) is 5.91 Å². The van der Waals surface area contributed by atoms with Crippen LogP contribution in [0.25, 0.3) is 0 Å². The molecule has 0 fully saturated rings. The van der Waals surface area contributed by atoms with Gasteiger partial charge in [0.15, 0.2) is 0 Å². The highest BCUT2D eigenvalue weighted by Crippen LogP contribution is 2.22. The van der Waals surface area contributed by atoms with Gasteiger partial charge in [-0.15, -0.1) is 0 Å². The number of hydrogen-bond acceptors (Lipinski definition) is 2. The summed E-state index contributed by atoms with van der Waals surface area (Å²) in [5.41, 5.74) is 4.11. The Morgan fingerprint density at radius 3 is 2.35 bits per heavy atom. The quantitative estimate of drug-likeness (QED) is 0.753. The Bertz CT molecular complexity index is 381. The molecule has 0 saturated heterocycles. The van der Waals surface area contributed by atoms with Gasteiger partial charge in [-0.25, -0.2) is 0 Å². The fourth-order valence-electron chi connectivity index (χ4n) is 1.81. The summed E-state index contributed by atoms with van der Waals surface area (Å²) in [6.45, 7) is 4.66. The van der Waals surface area contributed by atoms with Crippen LogP contribution in [-0.2, 0) is 11.1 Å². The molecule has 1 amide bonds. The first-order chi connectivity index (χ1) is 8.08. The maximum Gasteiger partial charge on any atom is 0.225 e. The fourth-order valence-corrected chi connectivity index (χ4v) is 1.81. The average Bonchev–Trinajstić information content (AvgIpc) is 2.30. The molecule has 0 spiro atoms. The highest BCUT2D eigenvalue weighted by Gasteiger charge is 2.08. The molecule has 0 bridgehead atoms. The van der Waals surface area contributed by atoms with Gasteiger partial charge in [-0.05, 0) is 32.0 Å². The predicted octanol–water partition coefficient (Wildman–Crippen LogP) is 1.52.